The normalized spacial score (nSPS) is 11.4. The van der Waals surface area contributed by atoms with Crippen molar-refractivity contribution in [2.45, 2.75) is 32.7 Å². The van der Waals surface area contributed by atoms with Crippen LogP contribution in [0.1, 0.15) is 26.3 Å². The fourth-order valence-electron chi connectivity index (χ4n) is 3.39. The van der Waals surface area contributed by atoms with Crippen molar-refractivity contribution in [2.75, 3.05) is 14.1 Å². The molecule has 0 fully saturated rings. The summed E-state index contributed by atoms with van der Waals surface area (Å²) in [6.07, 6.45) is 2.86. The number of likely N-dealkylation sites (N-methyl/N-ethyl adjacent to an activating group) is 1. The molecule has 4 heteroatoms. The molecule has 0 saturated carbocycles. The second-order valence-electron chi connectivity index (χ2n) is 7.47. The molecule has 2 aromatic carbocycles. The molecule has 0 atom stereocenters. The monoisotopic (exact) mass is 361 g/mol. The van der Waals surface area contributed by atoms with E-state index in [0.29, 0.717) is 0 Å². The van der Waals surface area contributed by atoms with Crippen LogP contribution in [-0.4, -0.2) is 34.7 Å². The van der Waals surface area contributed by atoms with Crippen LogP contribution in [0.2, 0.25) is 0 Å². The number of nitrogens with zero attached hydrogens (tertiary/aromatic N) is 3. The van der Waals surface area contributed by atoms with Gasteiger partial charge in [-0.05, 0) is 37.0 Å². The fraction of sp³-hybridized carbons (Fsp3) is 0.304. The van der Waals surface area contributed by atoms with Crippen LogP contribution in [0.3, 0.4) is 0 Å². The maximum absolute atomic E-state index is 12.7. The summed E-state index contributed by atoms with van der Waals surface area (Å²) >= 11 is 0. The summed E-state index contributed by atoms with van der Waals surface area (Å²) < 4.78 is 1.81. The first-order valence-corrected chi connectivity index (χ1v) is 9.31. The average molecular weight is 361 g/mol. The van der Waals surface area contributed by atoms with Crippen molar-refractivity contribution in [3.63, 3.8) is 0 Å². The number of hydrogen-bond donors (Lipinski definition) is 0. The van der Waals surface area contributed by atoms with Gasteiger partial charge in [0.15, 0.2) is 0 Å². The summed E-state index contributed by atoms with van der Waals surface area (Å²) in [7, 11) is 3.56. The highest BCUT2D eigenvalue weighted by atomic mass is 16.2. The van der Waals surface area contributed by atoms with E-state index in [2.05, 4.69) is 31.2 Å². The van der Waals surface area contributed by atoms with Crippen molar-refractivity contribution < 1.29 is 4.79 Å². The number of aromatic nitrogens is 2. The van der Waals surface area contributed by atoms with Crippen molar-refractivity contribution in [1.82, 2.24) is 14.7 Å². The number of carbonyl (C=O) groups is 1. The van der Waals surface area contributed by atoms with Crippen LogP contribution in [0.15, 0.2) is 60.8 Å². The molecule has 1 aromatic heterocycles. The lowest BCUT2D eigenvalue weighted by molar-refractivity contribution is -0.137. The minimum Gasteiger partial charge on any atom is -0.347 e. The Kier molecular flexibility index (Phi) is 5.17. The molecular formula is C23H27N3O. The minimum atomic E-state index is -0.743. The predicted octanol–water partition coefficient (Wildman–Crippen LogP) is 4.60. The van der Waals surface area contributed by atoms with E-state index in [1.54, 1.807) is 19.0 Å². The van der Waals surface area contributed by atoms with Gasteiger partial charge >= 0.3 is 0 Å². The molecule has 0 aliphatic heterocycles. The highest BCUT2D eigenvalue weighted by molar-refractivity contribution is 5.85. The Hall–Kier alpha value is -2.88. The largest absolute Gasteiger partial charge is 0.347 e. The Labute approximate surface area is 161 Å². The molecule has 27 heavy (non-hydrogen) atoms. The quantitative estimate of drug-likeness (QED) is 0.666. The molecule has 0 bridgehead atoms. The summed E-state index contributed by atoms with van der Waals surface area (Å²) in [4.78, 5) is 14.3. The maximum Gasteiger partial charge on any atom is 0.249 e. The summed E-state index contributed by atoms with van der Waals surface area (Å²) in [5.74, 6) is 0.0237. The number of aryl methyl sites for hydroxylation is 1. The van der Waals surface area contributed by atoms with Gasteiger partial charge in [0.05, 0.1) is 5.69 Å². The van der Waals surface area contributed by atoms with E-state index in [0.717, 1.165) is 34.4 Å². The van der Waals surface area contributed by atoms with E-state index in [9.17, 15) is 4.79 Å². The third kappa shape index (κ3) is 3.52. The lowest BCUT2D eigenvalue weighted by Gasteiger charge is -2.27. The number of carbonyl (C=O) groups excluding carboxylic acids is 1. The molecule has 140 valence electrons. The summed E-state index contributed by atoms with van der Waals surface area (Å²) in [5.41, 5.74) is 4.73. The van der Waals surface area contributed by atoms with Gasteiger partial charge in [0.2, 0.25) is 5.91 Å². The molecule has 3 rings (SSSR count). The summed E-state index contributed by atoms with van der Waals surface area (Å²) in [6.45, 7) is 5.94. The molecule has 3 aromatic rings. The van der Waals surface area contributed by atoms with Gasteiger partial charge in [-0.25, -0.2) is 0 Å². The van der Waals surface area contributed by atoms with E-state index >= 15 is 0 Å². The van der Waals surface area contributed by atoms with Gasteiger partial charge < -0.3 is 4.90 Å². The van der Waals surface area contributed by atoms with Gasteiger partial charge in [-0.2, -0.15) is 5.10 Å². The smallest absolute Gasteiger partial charge is 0.249 e. The van der Waals surface area contributed by atoms with E-state index in [4.69, 9.17) is 5.10 Å². The van der Waals surface area contributed by atoms with Crippen molar-refractivity contribution in [3.8, 4) is 22.4 Å². The van der Waals surface area contributed by atoms with Crippen LogP contribution < -0.4 is 0 Å². The van der Waals surface area contributed by atoms with Crippen LogP contribution in [0.25, 0.3) is 22.4 Å². The molecule has 0 N–H and O–H groups in total. The fourth-order valence-corrected chi connectivity index (χ4v) is 3.39. The Balaban J connectivity index is 2.15. The van der Waals surface area contributed by atoms with E-state index < -0.39 is 5.54 Å². The second kappa shape index (κ2) is 7.39. The van der Waals surface area contributed by atoms with Crippen LogP contribution in [0.4, 0.5) is 0 Å². The standard InChI is InChI=1S/C23H27N3O/c1-6-17-16-26(23(2,3)22(27)25(4)5)24-21(17)20-15-11-10-14-19(20)18-12-8-7-9-13-18/h7-16H,6H2,1-5H3. The number of benzene rings is 2. The number of hydrogen-bond acceptors (Lipinski definition) is 2. The SMILES string of the molecule is CCc1cn(C(C)(C)C(=O)N(C)C)nc1-c1ccccc1-c1ccccc1. The summed E-state index contributed by atoms with van der Waals surface area (Å²) in [6, 6.07) is 18.7. The number of rotatable bonds is 5. The first-order valence-electron chi connectivity index (χ1n) is 9.31. The Morgan fingerprint density at radius 3 is 2.19 bits per heavy atom. The van der Waals surface area contributed by atoms with Gasteiger partial charge in [0.1, 0.15) is 5.54 Å². The minimum absolute atomic E-state index is 0.0237. The van der Waals surface area contributed by atoms with E-state index in [1.807, 2.05) is 55.1 Å². The topological polar surface area (TPSA) is 38.1 Å². The zero-order valence-electron chi connectivity index (χ0n) is 16.7. The molecule has 1 amide bonds. The van der Waals surface area contributed by atoms with Gasteiger partial charge in [-0.15, -0.1) is 0 Å². The number of amides is 1. The van der Waals surface area contributed by atoms with Crippen molar-refractivity contribution in [1.29, 1.82) is 0 Å². The molecule has 4 nitrogen and oxygen atoms in total. The summed E-state index contributed by atoms with van der Waals surface area (Å²) in [5, 5.41) is 4.88. The molecular weight excluding hydrogens is 334 g/mol. The van der Waals surface area contributed by atoms with Gasteiger partial charge in [0, 0.05) is 25.9 Å². The van der Waals surface area contributed by atoms with Gasteiger partial charge in [0.25, 0.3) is 0 Å². The Bertz CT molecular complexity index is 939. The van der Waals surface area contributed by atoms with Crippen molar-refractivity contribution in [2.24, 2.45) is 0 Å². The molecule has 0 unspecified atom stereocenters. The first kappa shape index (κ1) is 18.9. The third-order valence-corrected chi connectivity index (χ3v) is 4.94. The molecule has 0 radical (unpaired) electrons. The molecule has 0 spiro atoms. The zero-order valence-corrected chi connectivity index (χ0v) is 16.7. The molecule has 1 heterocycles. The van der Waals surface area contributed by atoms with Gasteiger partial charge in [-0.1, -0.05) is 61.5 Å². The Morgan fingerprint density at radius 1 is 1.00 bits per heavy atom. The zero-order chi connectivity index (χ0) is 19.6. The van der Waals surface area contributed by atoms with Crippen molar-refractivity contribution in [3.05, 3.63) is 66.4 Å². The first-order chi connectivity index (χ1) is 12.9. The average Bonchev–Trinajstić information content (AvgIpc) is 3.13. The third-order valence-electron chi connectivity index (χ3n) is 4.94. The highest BCUT2D eigenvalue weighted by Crippen LogP contribution is 2.34. The van der Waals surface area contributed by atoms with Crippen LogP contribution in [-0.2, 0) is 16.8 Å². The van der Waals surface area contributed by atoms with Crippen LogP contribution in [0.5, 0.6) is 0 Å². The lowest BCUT2D eigenvalue weighted by Crippen LogP contribution is -2.44. The van der Waals surface area contributed by atoms with Crippen LogP contribution in [0, 0.1) is 0 Å². The van der Waals surface area contributed by atoms with E-state index in [-0.39, 0.29) is 5.91 Å². The van der Waals surface area contributed by atoms with Crippen molar-refractivity contribution >= 4 is 5.91 Å². The maximum atomic E-state index is 12.7. The molecule has 0 aliphatic rings. The molecule has 0 saturated heterocycles. The highest BCUT2D eigenvalue weighted by Gasteiger charge is 2.33. The van der Waals surface area contributed by atoms with Crippen LogP contribution >= 0.6 is 0 Å². The van der Waals surface area contributed by atoms with E-state index in [1.165, 1.54) is 0 Å². The van der Waals surface area contributed by atoms with Gasteiger partial charge in [-0.3, -0.25) is 9.48 Å². The lowest BCUT2D eigenvalue weighted by atomic mass is 9.96. The Morgan fingerprint density at radius 2 is 1.59 bits per heavy atom. The second-order valence-corrected chi connectivity index (χ2v) is 7.47. The molecule has 0 aliphatic carbocycles. The predicted molar refractivity (Wildman–Crippen MR) is 110 cm³/mol.